The third kappa shape index (κ3) is 2.08. The van der Waals surface area contributed by atoms with E-state index in [1.807, 2.05) is 13.8 Å². The van der Waals surface area contributed by atoms with E-state index in [1.165, 1.54) is 0 Å². The number of rotatable bonds is 2. The Hall–Kier alpha value is -0.860. The maximum absolute atomic E-state index is 11.6. The summed E-state index contributed by atoms with van der Waals surface area (Å²) in [5.74, 6) is 0.226. The summed E-state index contributed by atoms with van der Waals surface area (Å²) in [6.07, 6.45) is 1.80. The minimum absolute atomic E-state index is 0.0000463. The van der Waals surface area contributed by atoms with Gasteiger partial charge >= 0.3 is 0 Å². The van der Waals surface area contributed by atoms with Gasteiger partial charge in [0.1, 0.15) is 0 Å². The second kappa shape index (κ2) is 3.90. The molecule has 1 atom stereocenters. The molecular formula is C10H17NO2. The molecule has 0 N–H and O–H groups in total. The van der Waals surface area contributed by atoms with Gasteiger partial charge in [0, 0.05) is 12.5 Å². The van der Waals surface area contributed by atoms with Gasteiger partial charge < -0.3 is 4.90 Å². The molecule has 1 saturated heterocycles. The van der Waals surface area contributed by atoms with Gasteiger partial charge in [0.25, 0.3) is 0 Å². The smallest absolute Gasteiger partial charge is 0.225 e. The highest BCUT2D eigenvalue weighted by Crippen LogP contribution is 2.20. The van der Waals surface area contributed by atoms with E-state index < -0.39 is 0 Å². The number of likely N-dealkylation sites (tertiary alicyclic amines) is 1. The first-order chi connectivity index (χ1) is 6.04. The molecule has 1 unspecified atom stereocenters. The van der Waals surface area contributed by atoms with E-state index in [9.17, 15) is 9.59 Å². The average Bonchev–Trinajstić information content (AvgIpc) is 2.50. The van der Waals surface area contributed by atoms with Crippen LogP contribution in [0.25, 0.3) is 0 Å². The number of Topliss-reactive ketones (excluding diaryl/α,β-unsaturated/α-hetero) is 1. The number of hydrogen-bond acceptors (Lipinski definition) is 2. The number of ketones is 1. The summed E-state index contributed by atoms with van der Waals surface area (Å²) >= 11 is 0. The lowest BCUT2D eigenvalue weighted by atomic mass is 10.1. The van der Waals surface area contributed by atoms with Gasteiger partial charge in [-0.3, -0.25) is 9.59 Å². The normalized spacial score (nSPS) is 22.5. The van der Waals surface area contributed by atoms with E-state index >= 15 is 0 Å². The van der Waals surface area contributed by atoms with E-state index in [4.69, 9.17) is 0 Å². The first-order valence-corrected chi connectivity index (χ1v) is 4.85. The lowest BCUT2D eigenvalue weighted by molar-refractivity contribution is -0.139. The van der Waals surface area contributed by atoms with Gasteiger partial charge in [-0.1, -0.05) is 13.8 Å². The zero-order valence-electron chi connectivity index (χ0n) is 8.54. The summed E-state index contributed by atoms with van der Waals surface area (Å²) in [4.78, 5) is 24.6. The molecule has 0 bridgehead atoms. The molecule has 0 aliphatic carbocycles. The van der Waals surface area contributed by atoms with Crippen molar-refractivity contribution in [3.63, 3.8) is 0 Å². The first-order valence-electron chi connectivity index (χ1n) is 4.85. The molecular weight excluding hydrogens is 166 g/mol. The van der Waals surface area contributed by atoms with Crippen LogP contribution in [0.2, 0.25) is 0 Å². The molecule has 1 aliphatic heterocycles. The number of amides is 1. The molecule has 3 nitrogen and oxygen atoms in total. The van der Waals surface area contributed by atoms with E-state index in [2.05, 4.69) is 0 Å². The molecule has 3 heteroatoms. The van der Waals surface area contributed by atoms with E-state index in [-0.39, 0.29) is 23.7 Å². The van der Waals surface area contributed by atoms with Gasteiger partial charge in [-0.2, -0.15) is 0 Å². The lowest BCUT2D eigenvalue weighted by Gasteiger charge is -2.24. The monoisotopic (exact) mass is 183 g/mol. The highest BCUT2D eigenvalue weighted by atomic mass is 16.2. The standard InChI is InChI=1S/C10H17NO2/c1-7(2)10(13)11-6-4-5-9(11)8(3)12/h7,9H,4-6H2,1-3H3. The maximum Gasteiger partial charge on any atom is 0.225 e. The van der Waals surface area contributed by atoms with Crippen molar-refractivity contribution >= 4 is 11.7 Å². The van der Waals surface area contributed by atoms with E-state index in [0.29, 0.717) is 0 Å². The number of carbonyl (C=O) groups is 2. The Kier molecular flexibility index (Phi) is 3.07. The van der Waals surface area contributed by atoms with Crippen molar-refractivity contribution in [2.45, 2.75) is 39.7 Å². The molecule has 0 aromatic heterocycles. The van der Waals surface area contributed by atoms with Crippen molar-refractivity contribution in [3.05, 3.63) is 0 Å². The molecule has 1 rings (SSSR count). The van der Waals surface area contributed by atoms with E-state index in [1.54, 1.807) is 11.8 Å². The zero-order chi connectivity index (χ0) is 10.0. The highest BCUT2D eigenvalue weighted by molar-refractivity contribution is 5.88. The van der Waals surface area contributed by atoms with Crippen LogP contribution in [0.4, 0.5) is 0 Å². The topological polar surface area (TPSA) is 37.4 Å². The Bertz CT molecular complexity index is 223. The van der Waals surface area contributed by atoms with Crippen LogP contribution in [0.5, 0.6) is 0 Å². The van der Waals surface area contributed by atoms with Gasteiger partial charge in [0.05, 0.1) is 6.04 Å². The van der Waals surface area contributed by atoms with Crippen LogP contribution in [0.1, 0.15) is 33.6 Å². The van der Waals surface area contributed by atoms with Crippen molar-refractivity contribution in [2.75, 3.05) is 6.54 Å². The van der Waals surface area contributed by atoms with Gasteiger partial charge in [-0.25, -0.2) is 0 Å². The summed E-state index contributed by atoms with van der Waals surface area (Å²) in [6.45, 7) is 6.06. The molecule has 0 spiro atoms. The van der Waals surface area contributed by atoms with Crippen LogP contribution >= 0.6 is 0 Å². The van der Waals surface area contributed by atoms with Gasteiger partial charge in [0.2, 0.25) is 5.91 Å². The van der Waals surface area contributed by atoms with Crippen molar-refractivity contribution in [3.8, 4) is 0 Å². The minimum atomic E-state index is -0.144. The van der Waals surface area contributed by atoms with Crippen molar-refractivity contribution < 1.29 is 9.59 Å². The Morgan fingerprint density at radius 2 is 2.00 bits per heavy atom. The van der Waals surface area contributed by atoms with Gasteiger partial charge in [-0.15, -0.1) is 0 Å². The van der Waals surface area contributed by atoms with E-state index in [0.717, 1.165) is 19.4 Å². The Labute approximate surface area is 79.1 Å². The first kappa shape index (κ1) is 10.2. The molecule has 1 fully saturated rings. The van der Waals surface area contributed by atoms with Crippen LogP contribution < -0.4 is 0 Å². The number of nitrogens with zero attached hydrogens (tertiary/aromatic N) is 1. The van der Waals surface area contributed by atoms with Crippen molar-refractivity contribution in [2.24, 2.45) is 5.92 Å². The molecule has 0 aromatic carbocycles. The Morgan fingerprint density at radius 3 is 2.46 bits per heavy atom. The Balaban J connectivity index is 2.68. The molecule has 1 amide bonds. The highest BCUT2D eigenvalue weighted by Gasteiger charge is 2.32. The molecule has 74 valence electrons. The van der Waals surface area contributed by atoms with Crippen LogP contribution in [0.3, 0.4) is 0 Å². The maximum atomic E-state index is 11.6. The molecule has 1 aliphatic rings. The summed E-state index contributed by atoms with van der Waals surface area (Å²) in [7, 11) is 0. The third-order valence-corrected chi connectivity index (χ3v) is 2.50. The fraction of sp³-hybridized carbons (Fsp3) is 0.800. The van der Waals surface area contributed by atoms with Crippen LogP contribution in [0.15, 0.2) is 0 Å². The number of carbonyl (C=O) groups excluding carboxylic acids is 2. The second-order valence-corrected chi connectivity index (χ2v) is 3.96. The Morgan fingerprint density at radius 1 is 1.38 bits per heavy atom. The molecule has 0 saturated carbocycles. The predicted octanol–water partition coefficient (Wildman–Crippen LogP) is 1.22. The summed E-state index contributed by atoms with van der Waals surface area (Å²) in [5.41, 5.74) is 0. The van der Waals surface area contributed by atoms with Gasteiger partial charge in [0.15, 0.2) is 5.78 Å². The van der Waals surface area contributed by atoms with Crippen LogP contribution in [0, 0.1) is 5.92 Å². The van der Waals surface area contributed by atoms with Gasteiger partial charge in [-0.05, 0) is 19.8 Å². The SMILES string of the molecule is CC(=O)C1CCCN1C(=O)C(C)C. The summed E-state index contributed by atoms with van der Waals surface area (Å²) in [6, 6.07) is -0.144. The predicted molar refractivity (Wildman–Crippen MR) is 50.3 cm³/mol. The van der Waals surface area contributed by atoms with Crippen molar-refractivity contribution in [1.29, 1.82) is 0 Å². The molecule has 0 aromatic rings. The largest absolute Gasteiger partial charge is 0.332 e. The zero-order valence-corrected chi connectivity index (χ0v) is 8.54. The third-order valence-electron chi connectivity index (χ3n) is 2.50. The fourth-order valence-corrected chi connectivity index (χ4v) is 1.78. The molecule has 13 heavy (non-hydrogen) atoms. The summed E-state index contributed by atoms with van der Waals surface area (Å²) < 4.78 is 0. The molecule has 1 heterocycles. The quantitative estimate of drug-likeness (QED) is 0.645. The summed E-state index contributed by atoms with van der Waals surface area (Å²) in [5, 5.41) is 0. The van der Waals surface area contributed by atoms with Crippen LogP contribution in [-0.2, 0) is 9.59 Å². The number of hydrogen-bond donors (Lipinski definition) is 0. The minimum Gasteiger partial charge on any atom is -0.332 e. The molecule has 0 radical (unpaired) electrons. The average molecular weight is 183 g/mol. The second-order valence-electron chi connectivity index (χ2n) is 3.96. The lowest BCUT2D eigenvalue weighted by Crippen LogP contribution is -2.41. The fourth-order valence-electron chi connectivity index (χ4n) is 1.78. The van der Waals surface area contributed by atoms with Crippen molar-refractivity contribution in [1.82, 2.24) is 4.90 Å². The van der Waals surface area contributed by atoms with Crippen LogP contribution in [-0.4, -0.2) is 29.2 Å².